The summed E-state index contributed by atoms with van der Waals surface area (Å²) in [5.74, 6) is 0.479. The number of halogens is 1. The number of hydrogen-bond donors (Lipinski definition) is 0. The minimum absolute atomic E-state index is 0.0338. The fourth-order valence-corrected chi connectivity index (χ4v) is 2.54. The van der Waals surface area contributed by atoms with Crippen molar-refractivity contribution in [2.24, 2.45) is 5.92 Å². The Morgan fingerprint density at radius 1 is 1.30 bits per heavy atom. The Morgan fingerprint density at radius 3 is 2.40 bits per heavy atom. The van der Waals surface area contributed by atoms with E-state index >= 15 is 0 Å². The Labute approximate surface area is 130 Å². The highest BCUT2D eigenvalue weighted by Gasteiger charge is 2.21. The average molecular weight is 345 g/mol. The fourth-order valence-electron chi connectivity index (χ4n) is 2.13. The maximum absolute atomic E-state index is 12.6. The van der Waals surface area contributed by atoms with Crippen molar-refractivity contribution in [3.63, 3.8) is 0 Å². The minimum Gasteiger partial charge on any atom is -0.457 e. The molecule has 0 saturated carbocycles. The van der Waals surface area contributed by atoms with Crippen LogP contribution in [0.25, 0.3) is 0 Å². The number of likely N-dealkylation sites (N-methyl/N-ethyl adjacent to an activating group) is 1. The zero-order valence-electron chi connectivity index (χ0n) is 12.9. The van der Waals surface area contributed by atoms with Gasteiger partial charge in [0.2, 0.25) is 0 Å². The molecule has 0 spiro atoms. The second-order valence-electron chi connectivity index (χ2n) is 5.28. The molecule has 0 atom stereocenters. The molecular weight excluding hydrogens is 320 g/mol. The van der Waals surface area contributed by atoms with E-state index in [0.29, 0.717) is 16.2 Å². The lowest BCUT2D eigenvalue weighted by Crippen LogP contribution is -2.40. The highest BCUT2D eigenvalue weighted by Crippen LogP contribution is 2.20. The summed E-state index contributed by atoms with van der Waals surface area (Å²) in [6.45, 7) is 13.0. The van der Waals surface area contributed by atoms with E-state index in [0.717, 1.165) is 32.7 Å². The van der Waals surface area contributed by atoms with Crippen LogP contribution in [0.5, 0.6) is 0 Å². The maximum Gasteiger partial charge on any atom is 0.258 e. The SMILES string of the molecule is CCN(CC)CCN(CC(C)C)C(=O)c1ccoc1Br. The van der Waals surface area contributed by atoms with Gasteiger partial charge in [-0.05, 0) is 41.0 Å². The second-order valence-corrected chi connectivity index (χ2v) is 6.00. The van der Waals surface area contributed by atoms with Gasteiger partial charge in [0.1, 0.15) is 0 Å². The van der Waals surface area contributed by atoms with Gasteiger partial charge in [0.15, 0.2) is 4.67 Å². The Kier molecular flexibility index (Phi) is 7.30. The first-order chi connectivity index (χ1) is 9.49. The molecule has 1 aromatic rings. The topological polar surface area (TPSA) is 36.7 Å². The molecule has 0 unspecified atom stereocenters. The molecule has 0 saturated heterocycles. The van der Waals surface area contributed by atoms with E-state index in [4.69, 9.17) is 4.42 Å². The van der Waals surface area contributed by atoms with Gasteiger partial charge in [0, 0.05) is 19.6 Å². The summed E-state index contributed by atoms with van der Waals surface area (Å²) in [6.07, 6.45) is 1.54. The first-order valence-corrected chi connectivity index (χ1v) is 8.03. The third-order valence-electron chi connectivity index (χ3n) is 3.30. The van der Waals surface area contributed by atoms with Gasteiger partial charge in [-0.2, -0.15) is 0 Å². The highest BCUT2D eigenvalue weighted by atomic mass is 79.9. The molecule has 114 valence electrons. The normalized spacial score (nSPS) is 11.3. The molecule has 1 aromatic heterocycles. The summed E-state index contributed by atoms with van der Waals surface area (Å²) in [5, 5.41) is 0. The molecule has 0 fully saturated rings. The average Bonchev–Trinajstić information content (AvgIpc) is 2.83. The van der Waals surface area contributed by atoms with Crippen LogP contribution >= 0.6 is 15.9 Å². The van der Waals surface area contributed by atoms with E-state index in [1.165, 1.54) is 6.26 Å². The largest absolute Gasteiger partial charge is 0.457 e. The number of rotatable bonds is 8. The van der Waals surface area contributed by atoms with Crippen molar-refractivity contribution in [1.82, 2.24) is 9.80 Å². The van der Waals surface area contributed by atoms with Crippen LogP contribution in [0.2, 0.25) is 0 Å². The van der Waals surface area contributed by atoms with Crippen LogP contribution in [0.15, 0.2) is 21.4 Å². The zero-order chi connectivity index (χ0) is 15.1. The van der Waals surface area contributed by atoms with Gasteiger partial charge in [-0.1, -0.05) is 27.7 Å². The van der Waals surface area contributed by atoms with E-state index in [-0.39, 0.29) is 5.91 Å². The second kappa shape index (κ2) is 8.47. The van der Waals surface area contributed by atoms with Crippen LogP contribution in [0.3, 0.4) is 0 Å². The van der Waals surface area contributed by atoms with Crippen molar-refractivity contribution < 1.29 is 9.21 Å². The van der Waals surface area contributed by atoms with Gasteiger partial charge in [-0.15, -0.1) is 0 Å². The molecule has 1 amide bonds. The summed E-state index contributed by atoms with van der Waals surface area (Å²) in [5.41, 5.74) is 0.602. The number of nitrogens with zero attached hydrogens (tertiary/aromatic N) is 2. The molecule has 4 nitrogen and oxygen atoms in total. The summed E-state index contributed by atoms with van der Waals surface area (Å²) >= 11 is 3.28. The van der Waals surface area contributed by atoms with E-state index in [1.54, 1.807) is 6.07 Å². The van der Waals surface area contributed by atoms with Crippen LogP contribution < -0.4 is 0 Å². The van der Waals surface area contributed by atoms with Crippen molar-refractivity contribution in [3.05, 3.63) is 22.6 Å². The Bertz CT molecular complexity index is 414. The van der Waals surface area contributed by atoms with E-state index in [1.807, 2.05) is 4.90 Å². The summed E-state index contributed by atoms with van der Waals surface area (Å²) in [6, 6.07) is 1.72. The first kappa shape index (κ1) is 17.2. The minimum atomic E-state index is 0.0338. The molecule has 0 aliphatic carbocycles. The Morgan fingerprint density at radius 2 is 1.95 bits per heavy atom. The number of amides is 1. The summed E-state index contributed by atoms with van der Waals surface area (Å²) in [4.78, 5) is 16.8. The molecule has 5 heteroatoms. The van der Waals surface area contributed by atoms with Crippen molar-refractivity contribution in [2.75, 3.05) is 32.7 Å². The Balaban J connectivity index is 2.73. The van der Waals surface area contributed by atoms with E-state index in [9.17, 15) is 4.79 Å². The van der Waals surface area contributed by atoms with Crippen LogP contribution in [0.4, 0.5) is 0 Å². The van der Waals surface area contributed by atoms with Gasteiger partial charge in [0.05, 0.1) is 11.8 Å². The van der Waals surface area contributed by atoms with Gasteiger partial charge in [-0.25, -0.2) is 0 Å². The maximum atomic E-state index is 12.6. The molecule has 20 heavy (non-hydrogen) atoms. The van der Waals surface area contributed by atoms with Gasteiger partial charge < -0.3 is 14.2 Å². The van der Waals surface area contributed by atoms with Crippen molar-refractivity contribution in [2.45, 2.75) is 27.7 Å². The monoisotopic (exact) mass is 344 g/mol. The zero-order valence-corrected chi connectivity index (χ0v) is 14.4. The predicted octanol–water partition coefficient (Wildman–Crippen LogP) is 3.48. The Hall–Kier alpha value is -0.810. The van der Waals surface area contributed by atoms with Gasteiger partial charge in [-0.3, -0.25) is 4.79 Å². The first-order valence-electron chi connectivity index (χ1n) is 7.24. The van der Waals surface area contributed by atoms with Crippen molar-refractivity contribution in [1.29, 1.82) is 0 Å². The molecule has 0 aromatic carbocycles. The fraction of sp³-hybridized carbons (Fsp3) is 0.667. The quantitative estimate of drug-likeness (QED) is 0.724. The molecule has 1 rings (SSSR count). The number of furan rings is 1. The van der Waals surface area contributed by atoms with Crippen LogP contribution in [-0.2, 0) is 0 Å². The molecule has 0 aliphatic heterocycles. The molecule has 0 N–H and O–H groups in total. The van der Waals surface area contributed by atoms with E-state index in [2.05, 4.69) is 48.5 Å². The lowest BCUT2D eigenvalue weighted by Gasteiger charge is -2.27. The predicted molar refractivity (Wildman–Crippen MR) is 84.9 cm³/mol. The number of hydrogen-bond acceptors (Lipinski definition) is 3. The summed E-state index contributed by atoms with van der Waals surface area (Å²) < 4.78 is 5.68. The number of carbonyl (C=O) groups excluding carboxylic acids is 1. The molecule has 0 aliphatic rings. The summed E-state index contributed by atoms with van der Waals surface area (Å²) in [7, 11) is 0. The molecule has 1 heterocycles. The van der Waals surface area contributed by atoms with Gasteiger partial charge >= 0.3 is 0 Å². The third kappa shape index (κ3) is 4.94. The number of carbonyl (C=O) groups is 1. The smallest absolute Gasteiger partial charge is 0.258 e. The van der Waals surface area contributed by atoms with E-state index < -0.39 is 0 Å². The van der Waals surface area contributed by atoms with Crippen LogP contribution in [0, 0.1) is 5.92 Å². The molecular formula is C15H25BrN2O2. The van der Waals surface area contributed by atoms with Crippen molar-refractivity contribution in [3.8, 4) is 0 Å². The van der Waals surface area contributed by atoms with Crippen molar-refractivity contribution >= 4 is 21.8 Å². The third-order valence-corrected chi connectivity index (χ3v) is 3.92. The van der Waals surface area contributed by atoms with Gasteiger partial charge in [0.25, 0.3) is 5.91 Å². The van der Waals surface area contributed by atoms with Crippen LogP contribution in [0.1, 0.15) is 38.1 Å². The lowest BCUT2D eigenvalue weighted by atomic mass is 10.2. The highest BCUT2D eigenvalue weighted by molar-refractivity contribution is 9.10. The lowest BCUT2D eigenvalue weighted by molar-refractivity contribution is 0.0714. The standard InChI is InChI=1S/C15H25BrN2O2/c1-5-17(6-2)8-9-18(11-12(3)4)15(19)13-7-10-20-14(13)16/h7,10,12H,5-6,8-9,11H2,1-4H3. The molecule has 0 radical (unpaired) electrons. The van der Waals surface area contributed by atoms with Crippen LogP contribution in [-0.4, -0.2) is 48.4 Å². The molecule has 0 bridgehead atoms.